The molecule has 1 amide bonds. The second-order valence-corrected chi connectivity index (χ2v) is 29.6. The van der Waals surface area contributed by atoms with Gasteiger partial charge in [0.2, 0.25) is 18.1 Å². The van der Waals surface area contributed by atoms with Crippen LogP contribution in [0.15, 0.2) is 60.7 Å². The summed E-state index contributed by atoms with van der Waals surface area (Å²) in [7, 11) is 25.4. The first-order chi connectivity index (χ1) is 50.4. The second kappa shape index (κ2) is 58.2. The first-order valence-corrected chi connectivity index (χ1v) is 35.9. The molecule has 34 heteroatoms. The minimum atomic E-state index is -0.901. The van der Waals surface area contributed by atoms with Crippen LogP contribution >= 0.6 is 0 Å². The number of likely N-dealkylation sites (N-methyl/N-ethyl adjacent to an activating group) is 8. The summed E-state index contributed by atoms with van der Waals surface area (Å²) >= 11 is 0. The number of carboxylic acid groups (broad SMARTS) is 2. The molecule has 32 nitrogen and oxygen atoms in total. The van der Waals surface area contributed by atoms with Crippen molar-refractivity contribution in [2.24, 2.45) is 0 Å². The van der Waals surface area contributed by atoms with Gasteiger partial charge in [-0.05, 0) is 42.2 Å². The smallest absolute Gasteiger partial charge is 0.361 e. The van der Waals surface area contributed by atoms with Crippen LogP contribution < -0.4 is 5.32 Å². The molecule has 0 saturated carbocycles. The Kier molecular flexibility index (Phi) is 58.5. The van der Waals surface area contributed by atoms with Crippen LogP contribution in [0.5, 0.6) is 0 Å². The molecular weight excluding hydrogens is 1710 g/mol. The third kappa shape index (κ3) is 48.0. The SMILES string of the molecule is COC(=O)C[N@@+]1(C)CC[N@+](C)(CC#CCOC(=O)CCC(C(=O)OC)c2ccccc2)CC[N@+](C)(CC(=O)O)CC[N@+](C)(CC(=O)OC)CC1.COC(=O)C[N@@+]1(C)CC[N@+](C)(CCC(=O)NCCCCC(C)c2ccccc2)CC[N@+](C)(CC(=O)O)CC[N@+](C)(CC(=O)OC)CC1.C[OH2+].C[OH2+].N=C=O.N=C=O.[Gd].[Gd]. The van der Waals surface area contributed by atoms with Crippen molar-refractivity contribution in [3.8, 4) is 11.8 Å². The molecule has 620 valence electrons. The molecular formula is C75H133Gd2N11O21+10. The molecule has 0 spiro atoms. The standard InChI is InChI=1S/C36H57N4O10.C35H61N5O7.2CHNO.2CH4O.2Gd/c1-37(17-11-12-26-50-33(43)16-15-31(36(46)49-7)30-13-9-8-10-14-30)18-20-38(2,27-32(41)42)22-23-40(4,29-35(45)48-6)25-24-39(3,21-19-37)28-34(44)47-5;1-30(31-14-9-8-10-15-31)13-11-12-17-36-32(41)16-18-37(2)19-21-38(3,27-33(42)43)23-24-40(5,29-35(45)47-7)26-25-39(4,22-20-37)28-34(44)46-6;2*2-1-3;2*1-2;;/h8-10,13-14,31H,15-29H2,1-7H3;8-10,14-15,30H,11-13,16-29H2,1-7H3;2*2H;2*2H,1H3;;/q+3;+2;;;;;;/p+5/t31?,37-,38+,39+,40+;30?,37-,38+,39+,40+;;;;;;/m11....../s1. The Hall–Kier alpha value is -5.76. The molecule has 0 aliphatic carbocycles. The summed E-state index contributed by atoms with van der Waals surface area (Å²) in [6.07, 6.45) is 5.18. The molecule has 0 bridgehead atoms. The first kappa shape index (κ1) is 110. The van der Waals surface area contributed by atoms with E-state index in [1.54, 1.807) is 0 Å². The molecule has 2 aromatic rings. The van der Waals surface area contributed by atoms with Crippen LogP contribution in [0.4, 0.5) is 0 Å². The summed E-state index contributed by atoms with van der Waals surface area (Å²) in [5.41, 5.74) is 2.11. The molecule has 109 heavy (non-hydrogen) atoms. The Balaban J connectivity index is -0.000000890. The number of benzene rings is 2. The summed E-state index contributed by atoms with van der Waals surface area (Å²) in [4.78, 5) is 128. The van der Waals surface area contributed by atoms with Crippen molar-refractivity contribution in [3.05, 3.63) is 71.8 Å². The maximum absolute atomic E-state index is 13.0. The Labute approximate surface area is 710 Å². The number of carboxylic acids is 2. The number of rotatable bonds is 28. The number of esters is 6. The zero-order valence-corrected chi connectivity index (χ0v) is 72.2. The first-order valence-electron chi connectivity index (χ1n) is 35.9. The van der Waals surface area contributed by atoms with E-state index < -0.39 is 29.8 Å². The quantitative estimate of drug-likeness (QED) is 0.0114. The average molecular weight is 1840 g/mol. The number of unbranched alkanes of at least 4 members (excludes halogenated alkanes) is 1. The van der Waals surface area contributed by atoms with Gasteiger partial charge in [-0.15, -0.1) is 0 Å². The number of hydrogen-bond donors (Lipinski definition) is 5. The van der Waals surface area contributed by atoms with E-state index in [9.17, 15) is 53.4 Å². The van der Waals surface area contributed by atoms with Gasteiger partial charge in [0.15, 0.2) is 45.9 Å². The number of isocyanates is 2. The van der Waals surface area contributed by atoms with Gasteiger partial charge in [-0.2, -0.15) is 0 Å². The number of aliphatic carboxylic acids is 2. The number of amides is 1. The van der Waals surface area contributed by atoms with Crippen molar-refractivity contribution in [3.63, 3.8) is 0 Å². The van der Waals surface area contributed by atoms with Crippen LogP contribution in [-0.2, 0) is 81.2 Å². The van der Waals surface area contributed by atoms with Gasteiger partial charge in [-0.1, -0.05) is 79.9 Å². The zero-order chi connectivity index (χ0) is 82.0. The number of carbonyl (C=O) groups excluding carboxylic acids is 9. The van der Waals surface area contributed by atoms with Crippen LogP contribution in [-0.4, -0.2) is 398 Å². The van der Waals surface area contributed by atoms with Crippen molar-refractivity contribution in [2.45, 2.75) is 57.3 Å². The van der Waals surface area contributed by atoms with Crippen LogP contribution in [0.2, 0.25) is 0 Å². The fourth-order valence-corrected chi connectivity index (χ4v) is 12.5. The number of nitrogens with one attached hydrogen (secondary N) is 3. The number of nitrogens with zero attached hydrogens (tertiary/aromatic N) is 8. The van der Waals surface area contributed by atoms with Gasteiger partial charge >= 0.3 is 47.8 Å². The number of carbonyl (C=O) groups is 9. The monoisotopic (exact) mass is 1840 g/mol. The third-order valence-electron chi connectivity index (χ3n) is 20.3. The molecule has 2 heterocycles. The van der Waals surface area contributed by atoms with E-state index in [2.05, 4.69) is 62.4 Å². The van der Waals surface area contributed by atoms with Crippen LogP contribution in [0.1, 0.15) is 68.4 Å². The van der Waals surface area contributed by atoms with Gasteiger partial charge in [0.1, 0.15) is 125 Å². The van der Waals surface area contributed by atoms with Crippen LogP contribution in [0, 0.1) is 103 Å². The van der Waals surface area contributed by atoms with Gasteiger partial charge in [-0.3, -0.25) is 14.4 Å². The van der Waals surface area contributed by atoms with Gasteiger partial charge < -0.3 is 90.0 Å². The molecule has 9 N–H and O–H groups in total. The van der Waals surface area contributed by atoms with Crippen LogP contribution in [0.3, 0.4) is 0 Å². The van der Waals surface area contributed by atoms with Crippen molar-refractivity contribution < 1.29 is 217 Å². The minimum Gasteiger partial charge on any atom is -0.477 e. The Bertz CT molecular complexity index is 3160. The van der Waals surface area contributed by atoms with Gasteiger partial charge in [-0.25, -0.2) is 49.2 Å². The summed E-state index contributed by atoms with van der Waals surface area (Å²) < 4.78 is 33.6. The number of quaternary nitrogens is 8. The summed E-state index contributed by atoms with van der Waals surface area (Å²) in [6, 6.07) is 19.6. The predicted molar refractivity (Wildman–Crippen MR) is 401 cm³/mol. The predicted octanol–water partition coefficient (Wildman–Crippen LogP) is 0.681. The largest absolute Gasteiger partial charge is 0.477 e. The Morgan fingerprint density at radius 2 is 0.752 bits per heavy atom. The molecule has 10 atom stereocenters. The molecule has 2 aliphatic rings. The van der Waals surface area contributed by atoms with Crippen molar-refractivity contribution in [1.29, 1.82) is 10.8 Å². The number of methoxy groups -OCH3 is 5. The van der Waals surface area contributed by atoms with Gasteiger partial charge in [0.25, 0.3) is 0 Å². The normalized spacial score (nSPS) is 24.3. The van der Waals surface area contributed by atoms with E-state index >= 15 is 0 Å². The topological polar surface area (TPSA) is 389 Å². The van der Waals surface area contributed by atoms with E-state index in [0.29, 0.717) is 168 Å². The Morgan fingerprint density at radius 3 is 1.07 bits per heavy atom. The average Bonchev–Trinajstić information content (AvgIpc) is 0.817. The Morgan fingerprint density at radius 1 is 0.440 bits per heavy atom. The van der Waals surface area contributed by atoms with Crippen molar-refractivity contribution in [1.82, 2.24) is 5.32 Å². The fourth-order valence-electron chi connectivity index (χ4n) is 12.5. The summed E-state index contributed by atoms with van der Waals surface area (Å²) in [5, 5.41) is 45.1. The van der Waals surface area contributed by atoms with E-state index in [-0.39, 0.29) is 173 Å². The van der Waals surface area contributed by atoms with Crippen LogP contribution in [0.25, 0.3) is 0 Å². The summed E-state index contributed by atoms with van der Waals surface area (Å²) in [5.74, 6) is 2.11. The third-order valence-corrected chi connectivity index (χ3v) is 20.3. The molecule has 2 aliphatic heterocycles. The molecule has 2 unspecified atom stereocenters. The van der Waals surface area contributed by atoms with Gasteiger partial charge in [0, 0.05) is 92.8 Å². The molecule has 2 saturated heterocycles. The van der Waals surface area contributed by atoms with Gasteiger partial charge in [0.05, 0.1) is 111 Å². The van der Waals surface area contributed by atoms with E-state index in [0.717, 1.165) is 37.0 Å². The van der Waals surface area contributed by atoms with E-state index in [4.69, 9.17) is 59.0 Å². The molecule has 0 aromatic heterocycles. The van der Waals surface area contributed by atoms with Crippen molar-refractivity contribution >= 4 is 65.8 Å². The molecule has 2 aromatic carbocycles. The molecule has 2 fully saturated rings. The summed E-state index contributed by atoms with van der Waals surface area (Å²) in [6.45, 7) is 13.9. The minimum absolute atomic E-state index is 0. The number of hydrogen-bond acceptors (Lipinski definition) is 19. The second-order valence-electron chi connectivity index (χ2n) is 29.6. The maximum Gasteiger partial charge on any atom is 0.361 e. The fraction of sp³-hybridized carbons (Fsp3) is 0.667. The van der Waals surface area contributed by atoms with Crippen molar-refractivity contribution in [2.75, 3.05) is 276 Å². The molecule has 4 rings (SSSR count). The van der Waals surface area contributed by atoms with E-state index in [1.807, 2.05) is 78.7 Å². The van der Waals surface area contributed by atoms with E-state index in [1.165, 1.54) is 55.3 Å². The molecule has 0 radical (unpaired) electrons. The number of ether oxygens (including phenoxy) is 6. The zero-order valence-electron chi connectivity index (χ0n) is 67.7. The maximum atomic E-state index is 13.0.